The number of sulfonamides is 1. The first kappa shape index (κ1) is 14.0. The van der Waals surface area contributed by atoms with Crippen LogP contribution in [0.1, 0.15) is 16.8 Å². The van der Waals surface area contributed by atoms with E-state index in [1.165, 1.54) is 18.2 Å². The largest absolute Gasteiger partial charge is 0.335 e. The smallest absolute Gasteiger partial charge is 0.254 e. The average Bonchev–Trinajstić information content (AvgIpc) is 2.37. The molecule has 1 amide bonds. The summed E-state index contributed by atoms with van der Waals surface area (Å²) in [6.07, 6.45) is 4.68. The summed E-state index contributed by atoms with van der Waals surface area (Å²) in [5, 5.41) is 5.22. The number of rotatable bonds is 2. The van der Waals surface area contributed by atoms with Gasteiger partial charge in [-0.3, -0.25) is 4.79 Å². The molecule has 0 spiro atoms. The van der Waals surface area contributed by atoms with E-state index in [1.807, 2.05) is 12.2 Å². The van der Waals surface area contributed by atoms with Crippen LogP contribution in [0.3, 0.4) is 0 Å². The van der Waals surface area contributed by atoms with Gasteiger partial charge in [0.05, 0.1) is 4.90 Å². The number of nitrogens with two attached hydrogens (primary N) is 1. The van der Waals surface area contributed by atoms with Gasteiger partial charge in [0.15, 0.2) is 0 Å². The van der Waals surface area contributed by atoms with Crippen molar-refractivity contribution in [3.63, 3.8) is 0 Å². The van der Waals surface area contributed by atoms with Crippen LogP contribution in [-0.4, -0.2) is 32.3 Å². The number of amides is 1. The zero-order valence-electron chi connectivity index (χ0n) is 10.0. The molecule has 0 fully saturated rings. The van der Waals surface area contributed by atoms with Crippen LogP contribution in [0, 0.1) is 0 Å². The first-order chi connectivity index (χ1) is 8.88. The van der Waals surface area contributed by atoms with Gasteiger partial charge in [-0.1, -0.05) is 23.8 Å². The zero-order chi connectivity index (χ0) is 14.0. The van der Waals surface area contributed by atoms with Crippen molar-refractivity contribution in [1.82, 2.24) is 4.90 Å². The Morgan fingerprint density at radius 1 is 1.26 bits per heavy atom. The maximum absolute atomic E-state index is 12.2. The zero-order valence-corrected chi connectivity index (χ0v) is 11.6. The van der Waals surface area contributed by atoms with Gasteiger partial charge in [0.25, 0.3) is 5.91 Å². The van der Waals surface area contributed by atoms with Gasteiger partial charge in [-0.05, 0) is 24.6 Å². The summed E-state index contributed by atoms with van der Waals surface area (Å²) in [5.74, 6) is -0.253. The summed E-state index contributed by atoms with van der Waals surface area (Å²) in [7, 11) is -3.88. The quantitative estimate of drug-likeness (QED) is 0.838. The number of carbonyl (C=O) groups is 1. The lowest BCUT2D eigenvalue weighted by molar-refractivity contribution is 0.0771. The van der Waals surface area contributed by atoms with Crippen molar-refractivity contribution < 1.29 is 13.2 Å². The molecule has 2 N–H and O–H groups in total. The second-order valence-corrected chi connectivity index (χ2v) is 6.23. The molecule has 0 saturated heterocycles. The van der Waals surface area contributed by atoms with Gasteiger partial charge in [-0.25, -0.2) is 13.6 Å². The molecular weight excluding hydrogens is 288 g/mol. The second-order valence-electron chi connectivity index (χ2n) is 4.23. The second kappa shape index (κ2) is 5.32. The highest BCUT2D eigenvalue weighted by molar-refractivity contribution is 7.89. The standard InChI is InChI=1S/C12H13ClN2O3S/c13-10-6-9(7-11(8-10)19(14,17)18)12(16)15-4-2-1-3-5-15/h1-2,6-8H,3-5H2,(H2,14,17,18). The number of benzene rings is 1. The van der Waals surface area contributed by atoms with Crippen molar-refractivity contribution in [3.05, 3.63) is 40.9 Å². The van der Waals surface area contributed by atoms with E-state index in [2.05, 4.69) is 0 Å². The Balaban J connectivity index is 2.37. The van der Waals surface area contributed by atoms with Crippen LogP contribution in [0.15, 0.2) is 35.2 Å². The predicted octanol–water partition coefficient (Wildman–Crippen LogP) is 1.39. The van der Waals surface area contributed by atoms with Gasteiger partial charge in [0.2, 0.25) is 10.0 Å². The van der Waals surface area contributed by atoms with Crippen LogP contribution in [0.25, 0.3) is 0 Å². The van der Waals surface area contributed by atoms with Gasteiger partial charge in [0.1, 0.15) is 0 Å². The molecule has 7 heteroatoms. The molecule has 1 heterocycles. The molecular formula is C12H13ClN2O3S. The van der Waals surface area contributed by atoms with Crippen molar-refractivity contribution in [2.24, 2.45) is 5.14 Å². The van der Waals surface area contributed by atoms with Crippen LogP contribution < -0.4 is 5.14 Å². The molecule has 0 aromatic heterocycles. The summed E-state index contributed by atoms with van der Waals surface area (Å²) in [6, 6.07) is 3.92. The number of nitrogens with zero attached hydrogens (tertiary/aromatic N) is 1. The first-order valence-corrected chi connectivity index (χ1v) is 7.58. The minimum atomic E-state index is -3.88. The third kappa shape index (κ3) is 3.34. The fourth-order valence-electron chi connectivity index (χ4n) is 1.86. The predicted molar refractivity (Wildman–Crippen MR) is 72.5 cm³/mol. The SMILES string of the molecule is NS(=O)(=O)c1cc(Cl)cc(C(=O)N2CC=CCC2)c1. The van der Waals surface area contributed by atoms with Gasteiger partial charge < -0.3 is 4.90 Å². The summed E-state index contributed by atoms with van der Waals surface area (Å²) >= 11 is 5.83. The van der Waals surface area contributed by atoms with Crippen molar-refractivity contribution in [2.45, 2.75) is 11.3 Å². The van der Waals surface area contributed by atoms with Crippen molar-refractivity contribution in [2.75, 3.05) is 13.1 Å². The normalized spacial score (nSPS) is 15.6. The Labute approximate surface area is 116 Å². The number of halogens is 1. The fraction of sp³-hybridized carbons (Fsp3) is 0.250. The number of hydrogen-bond acceptors (Lipinski definition) is 3. The molecule has 0 atom stereocenters. The van der Waals surface area contributed by atoms with Crippen LogP contribution in [0.2, 0.25) is 5.02 Å². The number of carbonyl (C=O) groups excluding carboxylic acids is 1. The van der Waals surface area contributed by atoms with Crippen molar-refractivity contribution in [1.29, 1.82) is 0 Å². The lowest BCUT2D eigenvalue weighted by Gasteiger charge is -2.23. The summed E-state index contributed by atoms with van der Waals surface area (Å²) < 4.78 is 22.6. The van der Waals surface area contributed by atoms with E-state index in [1.54, 1.807) is 4.90 Å². The molecule has 5 nitrogen and oxygen atoms in total. The summed E-state index contributed by atoms with van der Waals surface area (Å²) in [5.41, 5.74) is 0.229. The molecule has 102 valence electrons. The Hall–Kier alpha value is -1.37. The minimum Gasteiger partial charge on any atom is -0.335 e. The molecule has 0 bridgehead atoms. The van der Waals surface area contributed by atoms with Crippen molar-refractivity contribution in [3.8, 4) is 0 Å². The molecule has 0 saturated carbocycles. The van der Waals surface area contributed by atoms with Gasteiger partial charge in [0, 0.05) is 23.7 Å². The van der Waals surface area contributed by atoms with Crippen molar-refractivity contribution >= 4 is 27.5 Å². The number of primary sulfonamides is 1. The Kier molecular flexibility index (Phi) is 3.93. The molecule has 0 aliphatic carbocycles. The maximum Gasteiger partial charge on any atom is 0.254 e. The Morgan fingerprint density at radius 3 is 2.58 bits per heavy atom. The van der Waals surface area contributed by atoms with Crippen LogP contribution >= 0.6 is 11.6 Å². The van der Waals surface area contributed by atoms with E-state index in [-0.39, 0.29) is 21.4 Å². The third-order valence-corrected chi connectivity index (χ3v) is 3.90. The molecule has 1 aliphatic heterocycles. The average molecular weight is 301 g/mol. The maximum atomic E-state index is 12.2. The molecule has 1 aliphatic rings. The van der Waals surface area contributed by atoms with E-state index in [0.717, 1.165) is 6.42 Å². The van der Waals surface area contributed by atoms with Crippen LogP contribution in [0.4, 0.5) is 0 Å². The summed E-state index contributed by atoms with van der Waals surface area (Å²) in [4.78, 5) is 13.7. The van der Waals surface area contributed by atoms with E-state index in [0.29, 0.717) is 13.1 Å². The van der Waals surface area contributed by atoms with Crippen LogP contribution in [-0.2, 0) is 10.0 Å². The molecule has 19 heavy (non-hydrogen) atoms. The lowest BCUT2D eigenvalue weighted by atomic mass is 10.1. The Bertz CT molecular complexity index is 640. The molecule has 1 aromatic carbocycles. The molecule has 0 radical (unpaired) electrons. The number of hydrogen-bond donors (Lipinski definition) is 1. The molecule has 2 rings (SSSR count). The molecule has 0 unspecified atom stereocenters. The van der Waals surface area contributed by atoms with E-state index in [4.69, 9.17) is 16.7 Å². The highest BCUT2D eigenvalue weighted by Gasteiger charge is 2.19. The minimum absolute atomic E-state index is 0.157. The summed E-state index contributed by atoms with van der Waals surface area (Å²) in [6.45, 7) is 1.11. The van der Waals surface area contributed by atoms with Crippen LogP contribution in [0.5, 0.6) is 0 Å². The van der Waals surface area contributed by atoms with E-state index < -0.39 is 10.0 Å². The van der Waals surface area contributed by atoms with E-state index in [9.17, 15) is 13.2 Å². The first-order valence-electron chi connectivity index (χ1n) is 5.65. The topological polar surface area (TPSA) is 80.5 Å². The van der Waals surface area contributed by atoms with E-state index >= 15 is 0 Å². The highest BCUT2D eigenvalue weighted by atomic mass is 35.5. The van der Waals surface area contributed by atoms with Gasteiger partial charge >= 0.3 is 0 Å². The highest BCUT2D eigenvalue weighted by Crippen LogP contribution is 2.20. The Morgan fingerprint density at radius 2 is 2.00 bits per heavy atom. The van der Waals surface area contributed by atoms with Gasteiger partial charge in [-0.15, -0.1) is 0 Å². The lowest BCUT2D eigenvalue weighted by Crippen LogP contribution is -2.33. The monoisotopic (exact) mass is 300 g/mol. The van der Waals surface area contributed by atoms with Gasteiger partial charge in [-0.2, -0.15) is 0 Å². The third-order valence-electron chi connectivity index (χ3n) is 2.79. The fourth-order valence-corrected chi connectivity index (χ4v) is 2.74. The molecule has 1 aromatic rings.